The lowest BCUT2D eigenvalue weighted by atomic mass is 9.96. The van der Waals surface area contributed by atoms with Crippen molar-refractivity contribution in [2.75, 3.05) is 0 Å². The Hall–Kier alpha value is -0.660. The SMILES string of the molecule is CCCCCCC[C@@H](C=O)CCC(C)=O. The number of hydrogen-bond donors (Lipinski definition) is 0. The fourth-order valence-electron chi connectivity index (χ4n) is 1.68. The first-order chi connectivity index (χ1) is 7.20. The summed E-state index contributed by atoms with van der Waals surface area (Å²) in [5, 5.41) is 0. The molecule has 0 amide bonds. The second-order valence-corrected chi connectivity index (χ2v) is 4.34. The van der Waals surface area contributed by atoms with Gasteiger partial charge >= 0.3 is 0 Å². The Morgan fingerprint density at radius 3 is 2.33 bits per heavy atom. The minimum absolute atomic E-state index is 0.107. The van der Waals surface area contributed by atoms with Crippen molar-refractivity contribution in [1.82, 2.24) is 0 Å². The first-order valence-corrected chi connectivity index (χ1v) is 6.15. The molecule has 0 aliphatic carbocycles. The maximum Gasteiger partial charge on any atom is 0.129 e. The van der Waals surface area contributed by atoms with E-state index in [9.17, 15) is 9.59 Å². The van der Waals surface area contributed by atoms with Crippen LogP contribution in [0.1, 0.15) is 65.2 Å². The molecule has 0 radical (unpaired) electrons. The predicted molar refractivity (Wildman–Crippen MR) is 62.8 cm³/mol. The van der Waals surface area contributed by atoms with Gasteiger partial charge in [0.2, 0.25) is 0 Å². The van der Waals surface area contributed by atoms with E-state index in [1.54, 1.807) is 6.92 Å². The maximum atomic E-state index is 10.8. The van der Waals surface area contributed by atoms with Gasteiger partial charge in [-0.3, -0.25) is 0 Å². The van der Waals surface area contributed by atoms with Crippen molar-refractivity contribution < 1.29 is 9.59 Å². The second kappa shape index (κ2) is 9.88. The lowest BCUT2D eigenvalue weighted by Crippen LogP contribution is -2.04. The van der Waals surface area contributed by atoms with Crippen LogP contribution in [0.15, 0.2) is 0 Å². The number of hydrogen-bond acceptors (Lipinski definition) is 2. The van der Waals surface area contributed by atoms with Crippen LogP contribution in [0.4, 0.5) is 0 Å². The van der Waals surface area contributed by atoms with Gasteiger partial charge in [0, 0.05) is 12.3 Å². The highest BCUT2D eigenvalue weighted by Gasteiger charge is 2.07. The van der Waals surface area contributed by atoms with Crippen LogP contribution in [0.3, 0.4) is 0 Å². The van der Waals surface area contributed by atoms with Gasteiger partial charge in [-0.05, 0) is 19.8 Å². The van der Waals surface area contributed by atoms with Gasteiger partial charge in [-0.2, -0.15) is 0 Å². The molecule has 0 saturated carbocycles. The summed E-state index contributed by atoms with van der Waals surface area (Å²) in [5.41, 5.74) is 0. The average Bonchev–Trinajstić information content (AvgIpc) is 2.22. The predicted octanol–water partition coefficient (Wildman–Crippen LogP) is 3.53. The molecule has 0 aromatic rings. The molecule has 0 unspecified atom stereocenters. The fourth-order valence-corrected chi connectivity index (χ4v) is 1.68. The third-order valence-corrected chi connectivity index (χ3v) is 2.74. The molecule has 15 heavy (non-hydrogen) atoms. The van der Waals surface area contributed by atoms with E-state index in [1.807, 2.05) is 0 Å². The lowest BCUT2D eigenvalue weighted by Gasteiger charge is -2.08. The molecular weight excluding hydrogens is 188 g/mol. The normalized spacial score (nSPS) is 12.4. The quantitative estimate of drug-likeness (QED) is 0.410. The molecule has 0 bridgehead atoms. The van der Waals surface area contributed by atoms with Gasteiger partial charge in [-0.1, -0.05) is 39.0 Å². The van der Waals surface area contributed by atoms with Crippen molar-refractivity contribution in [2.24, 2.45) is 5.92 Å². The molecule has 0 rings (SSSR count). The number of aldehydes is 1. The van der Waals surface area contributed by atoms with Crippen LogP contribution in [-0.4, -0.2) is 12.1 Å². The Labute approximate surface area is 93.4 Å². The van der Waals surface area contributed by atoms with E-state index in [-0.39, 0.29) is 11.7 Å². The van der Waals surface area contributed by atoms with E-state index < -0.39 is 0 Å². The highest BCUT2D eigenvalue weighted by molar-refractivity contribution is 5.75. The van der Waals surface area contributed by atoms with Crippen LogP contribution >= 0.6 is 0 Å². The van der Waals surface area contributed by atoms with Crippen LogP contribution in [0.25, 0.3) is 0 Å². The minimum atomic E-state index is 0.107. The van der Waals surface area contributed by atoms with Crippen molar-refractivity contribution in [1.29, 1.82) is 0 Å². The summed E-state index contributed by atoms with van der Waals surface area (Å²) in [5.74, 6) is 0.295. The number of carbonyl (C=O) groups excluding carboxylic acids is 2. The van der Waals surface area contributed by atoms with Crippen LogP contribution in [0.2, 0.25) is 0 Å². The first kappa shape index (κ1) is 14.3. The van der Waals surface area contributed by atoms with E-state index >= 15 is 0 Å². The summed E-state index contributed by atoms with van der Waals surface area (Å²) >= 11 is 0. The third-order valence-electron chi connectivity index (χ3n) is 2.74. The summed E-state index contributed by atoms with van der Waals surface area (Å²) in [7, 11) is 0. The number of unbranched alkanes of at least 4 members (excludes halogenated alkanes) is 4. The standard InChI is InChI=1S/C13H24O2/c1-3-4-5-6-7-8-13(11-14)10-9-12(2)15/h11,13H,3-10H2,1-2H3/t13-/m1/s1. The molecule has 0 heterocycles. The molecule has 88 valence electrons. The van der Waals surface area contributed by atoms with Crippen molar-refractivity contribution in [3.63, 3.8) is 0 Å². The zero-order valence-corrected chi connectivity index (χ0v) is 10.1. The molecule has 0 saturated heterocycles. The summed E-state index contributed by atoms with van der Waals surface area (Å²) in [6.07, 6.45) is 9.43. The number of Topliss-reactive ketones (excluding diaryl/α,β-unsaturated/α-hetero) is 1. The maximum absolute atomic E-state index is 10.8. The molecule has 2 heteroatoms. The highest BCUT2D eigenvalue weighted by Crippen LogP contribution is 2.14. The fraction of sp³-hybridized carbons (Fsp3) is 0.846. The molecule has 0 spiro atoms. The number of rotatable bonds is 10. The third kappa shape index (κ3) is 9.64. The van der Waals surface area contributed by atoms with E-state index in [0.717, 1.165) is 25.5 Å². The molecule has 2 nitrogen and oxygen atoms in total. The van der Waals surface area contributed by atoms with E-state index in [1.165, 1.54) is 25.7 Å². The largest absolute Gasteiger partial charge is 0.303 e. The molecular formula is C13H24O2. The number of carbonyl (C=O) groups is 2. The molecule has 0 fully saturated rings. The van der Waals surface area contributed by atoms with Crippen LogP contribution < -0.4 is 0 Å². The van der Waals surface area contributed by atoms with Gasteiger partial charge in [0.05, 0.1) is 0 Å². The first-order valence-electron chi connectivity index (χ1n) is 6.15. The Kier molecular flexibility index (Phi) is 9.44. The van der Waals surface area contributed by atoms with Crippen LogP contribution in [0, 0.1) is 5.92 Å². The topological polar surface area (TPSA) is 34.1 Å². The van der Waals surface area contributed by atoms with Crippen molar-refractivity contribution in [3.05, 3.63) is 0 Å². The minimum Gasteiger partial charge on any atom is -0.303 e. The summed E-state index contributed by atoms with van der Waals surface area (Å²) in [6, 6.07) is 0. The number of ketones is 1. The Balaban J connectivity index is 3.44. The molecule has 1 atom stereocenters. The van der Waals surface area contributed by atoms with Gasteiger partial charge in [0.1, 0.15) is 12.1 Å². The molecule has 0 aromatic carbocycles. The van der Waals surface area contributed by atoms with Gasteiger partial charge < -0.3 is 9.59 Å². The monoisotopic (exact) mass is 212 g/mol. The summed E-state index contributed by atoms with van der Waals surface area (Å²) in [4.78, 5) is 21.5. The lowest BCUT2D eigenvalue weighted by molar-refractivity contribution is -0.117. The summed E-state index contributed by atoms with van der Waals surface area (Å²) in [6.45, 7) is 3.78. The van der Waals surface area contributed by atoms with Gasteiger partial charge in [0.15, 0.2) is 0 Å². The van der Waals surface area contributed by atoms with Crippen LogP contribution in [0.5, 0.6) is 0 Å². The van der Waals surface area contributed by atoms with E-state index in [2.05, 4.69) is 6.92 Å². The highest BCUT2D eigenvalue weighted by atomic mass is 16.1. The van der Waals surface area contributed by atoms with Crippen molar-refractivity contribution in [3.8, 4) is 0 Å². The zero-order chi connectivity index (χ0) is 11.5. The molecule has 0 aromatic heterocycles. The molecule has 0 aliphatic heterocycles. The van der Waals surface area contributed by atoms with E-state index in [0.29, 0.717) is 6.42 Å². The van der Waals surface area contributed by atoms with Gasteiger partial charge in [-0.25, -0.2) is 0 Å². The second-order valence-electron chi connectivity index (χ2n) is 4.34. The van der Waals surface area contributed by atoms with Gasteiger partial charge in [-0.15, -0.1) is 0 Å². The molecule has 0 N–H and O–H groups in total. The molecule has 0 aliphatic rings. The van der Waals surface area contributed by atoms with Crippen molar-refractivity contribution >= 4 is 12.1 Å². The van der Waals surface area contributed by atoms with Crippen molar-refractivity contribution in [2.45, 2.75) is 65.2 Å². The smallest absolute Gasteiger partial charge is 0.129 e. The Morgan fingerprint density at radius 1 is 1.13 bits per heavy atom. The Bertz CT molecular complexity index is 175. The van der Waals surface area contributed by atoms with Gasteiger partial charge in [0.25, 0.3) is 0 Å². The zero-order valence-electron chi connectivity index (χ0n) is 10.1. The Morgan fingerprint density at radius 2 is 1.80 bits per heavy atom. The van der Waals surface area contributed by atoms with Crippen LogP contribution in [-0.2, 0) is 9.59 Å². The summed E-state index contributed by atoms with van der Waals surface area (Å²) < 4.78 is 0. The van der Waals surface area contributed by atoms with E-state index in [4.69, 9.17) is 0 Å². The average molecular weight is 212 g/mol.